The van der Waals surface area contributed by atoms with Crippen molar-refractivity contribution in [1.29, 1.82) is 0 Å². The summed E-state index contributed by atoms with van der Waals surface area (Å²) in [6, 6.07) is 7.22. The lowest BCUT2D eigenvalue weighted by Gasteiger charge is -2.20. The Hall–Kier alpha value is -2.30. The molecule has 0 spiro atoms. The number of hydrogen-bond acceptors (Lipinski definition) is 4. The number of esters is 1. The second-order valence-corrected chi connectivity index (χ2v) is 5.01. The predicted octanol–water partition coefficient (Wildman–Crippen LogP) is 2.21. The van der Waals surface area contributed by atoms with Crippen LogP contribution >= 0.6 is 0 Å². The molecule has 0 aromatic heterocycles. The number of hydrogen-bond donors (Lipinski definition) is 0. The van der Waals surface area contributed by atoms with E-state index in [0.717, 1.165) is 11.1 Å². The second-order valence-electron chi connectivity index (χ2n) is 5.01. The lowest BCUT2D eigenvalue weighted by Crippen LogP contribution is -2.35. The van der Waals surface area contributed by atoms with Gasteiger partial charge in [-0.15, -0.1) is 0 Å². The van der Waals surface area contributed by atoms with Gasteiger partial charge in [0.2, 0.25) is 0 Å². The zero-order chi connectivity index (χ0) is 16.5. The van der Waals surface area contributed by atoms with Gasteiger partial charge in [-0.1, -0.05) is 30.4 Å². The minimum atomic E-state index is -0.454. The normalized spacial score (nSPS) is 9.95. The molecule has 0 heterocycles. The third-order valence-electron chi connectivity index (χ3n) is 3.08. The molecule has 5 nitrogen and oxygen atoms in total. The number of likely N-dealkylation sites (N-methyl/N-ethyl adjacent to an activating group) is 1. The monoisotopic (exact) mass is 305 g/mol. The van der Waals surface area contributed by atoms with Crippen molar-refractivity contribution in [2.75, 3.05) is 26.8 Å². The second kappa shape index (κ2) is 8.87. The van der Waals surface area contributed by atoms with Gasteiger partial charge in [0.1, 0.15) is 5.75 Å². The van der Waals surface area contributed by atoms with E-state index in [2.05, 4.69) is 6.58 Å². The summed E-state index contributed by atoms with van der Waals surface area (Å²) in [5, 5.41) is 0. The van der Waals surface area contributed by atoms with Crippen LogP contribution in [0.15, 0.2) is 36.4 Å². The van der Waals surface area contributed by atoms with Gasteiger partial charge in [-0.3, -0.25) is 9.59 Å². The van der Waals surface area contributed by atoms with Crippen LogP contribution in [-0.2, 0) is 20.7 Å². The molecule has 1 rings (SSSR count). The molecule has 0 saturated carbocycles. The van der Waals surface area contributed by atoms with E-state index in [1.54, 1.807) is 24.1 Å². The number of nitrogens with zero attached hydrogens (tertiary/aromatic N) is 1. The van der Waals surface area contributed by atoms with Crippen LogP contribution in [0.5, 0.6) is 5.75 Å². The van der Waals surface area contributed by atoms with E-state index in [1.165, 1.54) is 0 Å². The van der Waals surface area contributed by atoms with E-state index >= 15 is 0 Å². The Balaban J connectivity index is 2.52. The maximum Gasteiger partial charge on any atom is 0.310 e. The van der Waals surface area contributed by atoms with Gasteiger partial charge in [0.25, 0.3) is 5.91 Å². The summed E-state index contributed by atoms with van der Waals surface area (Å²) < 4.78 is 10.2. The van der Waals surface area contributed by atoms with Crippen molar-refractivity contribution in [2.24, 2.45) is 0 Å². The van der Waals surface area contributed by atoms with Crippen LogP contribution in [0.25, 0.3) is 0 Å². The standard InChI is InChI=1S/C17H23NO4/c1-5-18(11-13(2)3)16(19)12-22-17(20)10-14-8-6-7-9-15(14)21-4/h6-9H,2,5,10-12H2,1,3-4H3. The fraction of sp³-hybridized carbons (Fsp3) is 0.412. The minimum Gasteiger partial charge on any atom is -0.496 e. The first-order valence-corrected chi connectivity index (χ1v) is 7.17. The highest BCUT2D eigenvalue weighted by atomic mass is 16.5. The lowest BCUT2D eigenvalue weighted by molar-refractivity contribution is -0.151. The third-order valence-corrected chi connectivity index (χ3v) is 3.08. The van der Waals surface area contributed by atoms with E-state index in [9.17, 15) is 9.59 Å². The van der Waals surface area contributed by atoms with Crippen molar-refractivity contribution in [2.45, 2.75) is 20.3 Å². The quantitative estimate of drug-likeness (QED) is 0.546. The molecule has 0 saturated heterocycles. The number of carbonyl (C=O) groups is 2. The fourth-order valence-corrected chi connectivity index (χ4v) is 1.99. The summed E-state index contributed by atoms with van der Waals surface area (Å²) in [4.78, 5) is 25.4. The van der Waals surface area contributed by atoms with E-state index in [1.807, 2.05) is 26.0 Å². The average Bonchev–Trinajstić information content (AvgIpc) is 2.50. The van der Waals surface area contributed by atoms with Crippen LogP contribution in [0.2, 0.25) is 0 Å². The van der Waals surface area contributed by atoms with Crippen molar-refractivity contribution >= 4 is 11.9 Å². The first-order chi connectivity index (χ1) is 10.5. The number of rotatable bonds is 8. The Morgan fingerprint density at radius 1 is 1.27 bits per heavy atom. The van der Waals surface area contributed by atoms with Crippen molar-refractivity contribution in [3.8, 4) is 5.75 Å². The van der Waals surface area contributed by atoms with Gasteiger partial charge < -0.3 is 14.4 Å². The number of methoxy groups -OCH3 is 1. The van der Waals surface area contributed by atoms with Crippen LogP contribution in [0.1, 0.15) is 19.4 Å². The lowest BCUT2D eigenvalue weighted by atomic mass is 10.1. The summed E-state index contributed by atoms with van der Waals surface area (Å²) in [6.45, 7) is 8.27. The molecule has 0 N–H and O–H groups in total. The Morgan fingerprint density at radius 2 is 1.95 bits per heavy atom. The maximum absolute atomic E-state index is 12.0. The van der Waals surface area contributed by atoms with Crippen LogP contribution in [0.4, 0.5) is 0 Å². The number of benzene rings is 1. The largest absolute Gasteiger partial charge is 0.496 e. The Labute approximate surface area is 131 Å². The van der Waals surface area contributed by atoms with Gasteiger partial charge in [-0.2, -0.15) is 0 Å². The van der Waals surface area contributed by atoms with E-state index in [0.29, 0.717) is 18.8 Å². The molecule has 1 aromatic carbocycles. The predicted molar refractivity (Wildman–Crippen MR) is 84.7 cm³/mol. The molecule has 1 amide bonds. The summed E-state index contributed by atoms with van der Waals surface area (Å²) in [5.74, 6) is -0.0497. The van der Waals surface area contributed by atoms with Crippen LogP contribution in [0.3, 0.4) is 0 Å². The van der Waals surface area contributed by atoms with Gasteiger partial charge in [0.15, 0.2) is 6.61 Å². The van der Waals surface area contributed by atoms with Crippen molar-refractivity contribution in [3.63, 3.8) is 0 Å². The van der Waals surface area contributed by atoms with Crippen LogP contribution in [0, 0.1) is 0 Å². The van der Waals surface area contributed by atoms with Crippen molar-refractivity contribution in [1.82, 2.24) is 4.90 Å². The molecule has 0 bridgehead atoms. The molecule has 0 unspecified atom stereocenters. The highest BCUT2D eigenvalue weighted by molar-refractivity contribution is 5.81. The van der Waals surface area contributed by atoms with E-state index < -0.39 is 5.97 Å². The SMILES string of the molecule is C=C(C)CN(CC)C(=O)COC(=O)Cc1ccccc1OC. The van der Waals surface area contributed by atoms with Gasteiger partial charge in [0, 0.05) is 18.7 Å². The first kappa shape index (κ1) is 17.8. The van der Waals surface area contributed by atoms with Crippen LogP contribution in [-0.4, -0.2) is 43.6 Å². The number of carbonyl (C=O) groups excluding carboxylic acids is 2. The Bertz CT molecular complexity index is 539. The van der Waals surface area contributed by atoms with Crippen LogP contribution < -0.4 is 4.74 Å². The number of para-hydroxylation sites is 1. The molecule has 0 aliphatic rings. The average molecular weight is 305 g/mol. The zero-order valence-corrected chi connectivity index (χ0v) is 13.4. The molecular weight excluding hydrogens is 282 g/mol. The van der Waals surface area contributed by atoms with E-state index in [4.69, 9.17) is 9.47 Å². The number of amides is 1. The molecule has 5 heteroatoms. The molecule has 0 fully saturated rings. The highest BCUT2D eigenvalue weighted by Crippen LogP contribution is 2.18. The molecular formula is C17H23NO4. The molecule has 0 aliphatic carbocycles. The highest BCUT2D eigenvalue weighted by Gasteiger charge is 2.15. The fourth-order valence-electron chi connectivity index (χ4n) is 1.99. The topological polar surface area (TPSA) is 55.8 Å². The summed E-state index contributed by atoms with van der Waals surface area (Å²) in [5.41, 5.74) is 1.62. The van der Waals surface area contributed by atoms with Crippen molar-refractivity contribution in [3.05, 3.63) is 42.0 Å². The zero-order valence-electron chi connectivity index (χ0n) is 13.4. The molecule has 22 heavy (non-hydrogen) atoms. The summed E-state index contributed by atoms with van der Waals surface area (Å²) >= 11 is 0. The van der Waals surface area contributed by atoms with Gasteiger partial charge in [-0.05, 0) is 19.9 Å². The van der Waals surface area contributed by atoms with Gasteiger partial charge in [0.05, 0.1) is 13.5 Å². The van der Waals surface area contributed by atoms with Gasteiger partial charge in [-0.25, -0.2) is 0 Å². The maximum atomic E-state index is 12.0. The molecule has 0 aliphatic heterocycles. The van der Waals surface area contributed by atoms with Gasteiger partial charge >= 0.3 is 5.97 Å². The molecule has 120 valence electrons. The Morgan fingerprint density at radius 3 is 2.55 bits per heavy atom. The minimum absolute atomic E-state index is 0.0733. The number of ether oxygens (including phenoxy) is 2. The summed E-state index contributed by atoms with van der Waals surface area (Å²) in [7, 11) is 1.55. The molecule has 0 radical (unpaired) electrons. The van der Waals surface area contributed by atoms with E-state index in [-0.39, 0.29) is 18.9 Å². The Kier molecular flexibility index (Phi) is 7.16. The first-order valence-electron chi connectivity index (χ1n) is 7.17. The van der Waals surface area contributed by atoms with Crippen molar-refractivity contribution < 1.29 is 19.1 Å². The molecule has 1 aromatic rings. The smallest absolute Gasteiger partial charge is 0.310 e. The summed E-state index contributed by atoms with van der Waals surface area (Å²) in [6.07, 6.45) is 0.0733. The molecule has 0 atom stereocenters. The third kappa shape index (κ3) is 5.60.